The summed E-state index contributed by atoms with van der Waals surface area (Å²) in [5.41, 5.74) is 0. The monoisotopic (exact) mass is 340 g/mol. The van der Waals surface area contributed by atoms with E-state index in [1.807, 2.05) is 0 Å². The van der Waals surface area contributed by atoms with E-state index in [9.17, 15) is 15.0 Å². The molecule has 2 N–H and O–H groups in total. The second-order valence-corrected chi connectivity index (χ2v) is 7.72. The summed E-state index contributed by atoms with van der Waals surface area (Å²) in [5.74, 6) is 0.141. The Morgan fingerprint density at radius 3 is 2.00 bits per heavy atom. The van der Waals surface area contributed by atoms with Gasteiger partial charge in [0, 0.05) is 12.3 Å². The van der Waals surface area contributed by atoms with Gasteiger partial charge < -0.3 is 10.2 Å². The Morgan fingerprint density at radius 1 is 0.917 bits per heavy atom. The van der Waals surface area contributed by atoms with Crippen LogP contribution in [0.3, 0.4) is 0 Å². The lowest BCUT2D eigenvalue weighted by atomic mass is 9.74. The molecule has 0 amide bonds. The zero-order valence-corrected chi connectivity index (χ0v) is 15.8. The van der Waals surface area contributed by atoms with E-state index >= 15 is 0 Å². The van der Waals surface area contributed by atoms with Gasteiger partial charge in [0.1, 0.15) is 5.78 Å². The van der Waals surface area contributed by atoms with E-state index in [1.54, 1.807) is 0 Å². The summed E-state index contributed by atoms with van der Waals surface area (Å²) in [6.45, 7) is 1.95. The highest BCUT2D eigenvalue weighted by Gasteiger charge is 2.34. The van der Waals surface area contributed by atoms with Gasteiger partial charge in [0.25, 0.3) is 0 Å². The third kappa shape index (κ3) is 8.62. The van der Waals surface area contributed by atoms with Crippen LogP contribution in [-0.4, -0.2) is 28.7 Å². The number of aliphatic hydroxyl groups excluding tert-OH is 2. The van der Waals surface area contributed by atoms with Gasteiger partial charge in [-0.2, -0.15) is 0 Å². The molecule has 0 bridgehead atoms. The topological polar surface area (TPSA) is 57.5 Å². The molecule has 0 heterocycles. The number of hydrogen-bond acceptors (Lipinski definition) is 3. The Bertz CT molecular complexity index is 310. The molecule has 2 unspecified atom stereocenters. The Labute approximate surface area is 149 Å². The summed E-state index contributed by atoms with van der Waals surface area (Å²) in [4.78, 5) is 12.6. The first-order valence-electron chi connectivity index (χ1n) is 10.5. The molecule has 142 valence electrons. The van der Waals surface area contributed by atoms with Crippen LogP contribution in [0.4, 0.5) is 0 Å². The zero-order chi connectivity index (χ0) is 17.6. The second kappa shape index (κ2) is 13.8. The molecule has 0 aromatic rings. The summed E-state index contributed by atoms with van der Waals surface area (Å²) in [5, 5.41) is 19.4. The molecule has 1 aliphatic rings. The minimum atomic E-state index is -0.862. The smallest absolute Gasteiger partial charge is 0.138 e. The van der Waals surface area contributed by atoms with Crippen molar-refractivity contribution in [3.8, 4) is 0 Å². The van der Waals surface area contributed by atoms with Crippen LogP contribution in [0.25, 0.3) is 0 Å². The second-order valence-electron chi connectivity index (χ2n) is 7.72. The average Bonchev–Trinajstić information content (AvgIpc) is 2.61. The van der Waals surface area contributed by atoms with E-state index < -0.39 is 6.10 Å². The van der Waals surface area contributed by atoms with E-state index in [1.165, 1.54) is 51.4 Å². The van der Waals surface area contributed by atoms with Gasteiger partial charge in [0.05, 0.1) is 12.7 Å². The van der Waals surface area contributed by atoms with Gasteiger partial charge >= 0.3 is 0 Å². The van der Waals surface area contributed by atoms with Gasteiger partial charge in [-0.15, -0.1) is 0 Å². The Balaban J connectivity index is 2.20. The first-order valence-corrected chi connectivity index (χ1v) is 10.5. The summed E-state index contributed by atoms with van der Waals surface area (Å²) in [6, 6.07) is 0. The SMILES string of the molecule is CCCCCCCCCCCC(=O)C(C(O)CO)C1CCCCC1. The highest BCUT2D eigenvalue weighted by molar-refractivity contribution is 5.81. The van der Waals surface area contributed by atoms with Crippen LogP contribution in [0, 0.1) is 11.8 Å². The van der Waals surface area contributed by atoms with Gasteiger partial charge in [-0.3, -0.25) is 4.79 Å². The number of ketones is 1. The summed E-state index contributed by atoms with van der Waals surface area (Å²) < 4.78 is 0. The predicted molar refractivity (Wildman–Crippen MR) is 100 cm³/mol. The molecule has 1 rings (SSSR count). The largest absolute Gasteiger partial charge is 0.394 e. The van der Waals surface area contributed by atoms with Crippen molar-refractivity contribution in [3.63, 3.8) is 0 Å². The molecule has 0 aromatic carbocycles. The van der Waals surface area contributed by atoms with Crippen molar-refractivity contribution >= 4 is 5.78 Å². The van der Waals surface area contributed by atoms with Crippen LogP contribution in [-0.2, 0) is 4.79 Å². The molecule has 1 aliphatic carbocycles. The van der Waals surface area contributed by atoms with Crippen molar-refractivity contribution in [3.05, 3.63) is 0 Å². The molecule has 0 radical (unpaired) electrons. The fraction of sp³-hybridized carbons (Fsp3) is 0.952. The number of unbranched alkanes of at least 4 members (excludes halogenated alkanes) is 8. The van der Waals surface area contributed by atoms with Crippen molar-refractivity contribution in [2.75, 3.05) is 6.61 Å². The number of carbonyl (C=O) groups is 1. The number of hydrogen-bond donors (Lipinski definition) is 2. The molecule has 3 heteroatoms. The molecule has 0 aromatic heterocycles. The van der Waals surface area contributed by atoms with Gasteiger partial charge in [-0.25, -0.2) is 0 Å². The van der Waals surface area contributed by atoms with Gasteiger partial charge in [0.15, 0.2) is 0 Å². The molecular weight excluding hydrogens is 300 g/mol. The van der Waals surface area contributed by atoms with Crippen LogP contribution in [0.5, 0.6) is 0 Å². The van der Waals surface area contributed by atoms with Crippen molar-refractivity contribution in [1.82, 2.24) is 0 Å². The minimum absolute atomic E-state index is 0.186. The zero-order valence-electron chi connectivity index (χ0n) is 15.8. The van der Waals surface area contributed by atoms with Crippen LogP contribution < -0.4 is 0 Å². The predicted octanol–water partition coefficient (Wildman–Crippen LogP) is 5.03. The third-order valence-electron chi connectivity index (χ3n) is 5.66. The maximum Gasteiger partial charge on any atom is 0.138 e. The van der Waals surface area contributed by atoms with Crippen LogP contribution in [0.15, 0.2) is 0 Å². The van der Waals surface area contributed by atoms with E-state index in [0.29, 0.717) is 6.42 Å². The fourth-order valence-corrected chi connectivity index (χ4v) is 4.18. The molecule has 2 atom stereocenters. The van der Waals surface area contributed by atoms with E-state index in [0.717, 1.165) is 38.5 Å². The molecule has 0 saturated heterocycles. The molecule has 1 saturated carbocycles. The fourth-order valence-electron chi connectivity index (χ4n) is 4.18. The van der Waals surface area contributed by atoms with Crippen LogP contribution >= 0.6 is 0 Å². The molecular formula is C21H40O3. The van der Waals surface area contributed by atoms with E-state index in [4.69, 9.17) is 0 Å². The molecule has 1 fully saturated rings. The maximum atomic E-state index is 12.6. The summed E-state index contributed by atoms with van der Waals surface area (Å²) in [7, 11) is 0. The first kappa shape index (κ1) is 21.6. The van der Waals surface area contributed by atoms with Gasteiger partial charge in [0.2, 0.25) is 0 Å². The molecule has 3 nitrogen and oxygen atoms in total. The third-order valence-corrected chi connectivity index (χ3v) is 5.66. The van der Waals surface area contributed by atoms with Crippen molar-refractivity contribution in [2.45, 2.75) is 109 Å². The Kier molecular flexibility index (Phi) is 12.5. The van der Waals surface area contributed by atoms with E-state index in [-0.39, 0.29) is 24.2 Å². The number of rotatable bonds is 14. The van der Waals surface area contributed by atoms with Crippen molar-refractivity contribution < 1.29 is 15.0 Å². The van der Waals surface area contributed by atoms with Crippen molar-refractivity contribution in [2.24, 2.45) is 11.8 Å². The number of carbonyl (C=O) groups excluding carboxylic acids is 1. The van der Waals surface area contributed by atoms with Crippen molar-refractivity contribution in [1.29, 1.82) is 0 Å². The molecule has 0 spiro atoms. The maximum absolute atomic E-state index is 12.6. The Morgan fingerprint density at radius 2 is 1.46 bits per heavy atom. The Hall–Kier alpha value is -0.410. The number of Topliss-reactive ketones (excluding diaryl/α,β-unsaturated/α-hetero) is 1. The minimum Gasteiger partial charge on any atom is -0.394 e. The summed E-state index contributed by atoms with van der Waals surface area (Å²) in [6.07, 6.45) is 16.6. The number of aliphatic hydroxyl groups is 2. The van der Waals surface area contributed by atoms with Gasteiger partial charge in [-0.1, -0.05) is 77.6 Å². The lowest BCUT2D eigenvalue weighted by molar-refractivity contribution is -0.131. The lowest BCUT2D eigenvalue weighted by Gasteiger charge is -2.32. The lowest BCUT2D eigenvalue weighted by Crippen LogP contribution is -2.37. The van der Waals surface area contributed by atoms with Crippen LogP contribution in [0.2, 0.25) is 0 Å². The normalized spacial score (nSPS) is 18.5. The van der Waals surface area contributed by atoms with E-state index in [2.05, 4.69) is 6.92 Å². The van der Waals surface area contributed by atoms with Gasteiger partial charge in [-0.05, 0) is 25.2 Å². The first-order chi connectivity index (χ1) is 11.7. The summed E-state index contributed by atoms with van der Waals surface area (Å²) >= 11 is 0. The highest BCUT2D eigenvalue weighted by atomic mass is 16.3. The molecule has 24 heavy (non-hydrogen) atoms. The average molecular weight is 341 g/mol. The highest BCUT2D eigenvalue weighted by Crippen LogP contribution is 2.33. The standard InChI is InChI=1S/C21H40O3/c1-2-3-4-5-6-7-8-9-13-16-19(23)21(20(24)17-22)18-14-11-10-12-15-18/h18,20-22,24H,2-17H2,1H3. The molecule has 0 aliphatic heterocycles. The quantitative estimate of drug-likeness (QED) is 0.436. The van der Waals surface area contributed by atoms with Crippen LogP contribution in [0.1, 0.15) is 103 Å².